The van der Waals surface area contributed by atoms with Crippen molar-refractivity contribution >= 4 is 5.91 Å². The van der Waals surface area contributed by atoms with Crippen LogP contribution in [0.3, 0.4) is 0 Å². The zero-order chi connectivity index (χ0) is 7.28. The van der Waals surface area contributed by atoms with Crippen LogP contribution in [-0.2, 0) is 4.79 Å². The predicted octanol–water partition coefficient (Wildman–Crippen LogP) is -1.13. The number of carbonyl (C=O) groups is 1. The highest BCUT2D eigenvalue weighted by molar-refractivity contribution is 5.75. The van der Waals surface area contributed by atoms with Crippen LogP contribution in [0.4, 0.5) is 0 Å². The maximum atomic E-state index is 10.5. The van der Waals surface area contributed by atoms with E-state index in [2.05, 4.69) is 5.43 Å². The van der Waals surface area contributed by atoms with Gasteiger partial charge >= 0.3 is 0 Å². The number of rotatable bonds is 3. The zero-order valence-corrected chi connectivity index (χ0v) is 5.42. The van der Waals surface area contributed by atoms with Crippen LogP contribution in [0.2, 0.25) is 0 Å². The van der Waals surface area contributed by atoms with Crippen molar-refractivity contribution < 1.29 is 4.79 Å². The van der Waals surface area contributed by atoms with E-state index in [0.717, 1.165) is 6.42 Å². The first-order valence-corrected chi connectivity index (χ1v) is 2.75. The summed E-state index contributed by atoms with van der Waals surface area (Å²) < 4.78 is 0. The van der Waals surface area contributed by atoms with Crippen LogP contribution in [-0.4, -0.2) is 11.1 Å². The molecule has 0 rings (SSSR count). The minimum atomic E-state index is -0.164. The molecule has 0 radical (unpaired) electrons. The van der Waals surface area contributed by atoms with E-state index in [0.29, 0.717) is 11.6 Å². The molecule has 0 heterocycles. The molecule has 0 aliphatic rings. The molecule has 5 heteroatoms. The lowest BCUT2D eigenvalue weighted by atomic mass is 10.3. The number of carbonyl (C=O) groups excluding carboxylic acids is 1. The van der Waals surface area contributed by atoms with Gasteiger partial charge in [0.2, 0.25) is 5.91 Å². The fourth-order valence-corrected chi connectivity index (χ4v) is 0.427. The maximum absolute atomic E-state index is 10.5. The highest BCUT2D eigenvalue weighted by Gasteiger charge is 1.97. The first-order chi connectivity index (χ1) is 4.16. The maximum Gasteiger partial charge on any atom is 0.236 e. The fourth-order valence-electron chi connectivity index (χ4n) is 0.427. The Bertz CT molecular complexity index is 92.6. The van der Waals surface area contributed by atoms with Crippen molar-refractivity contribution in [2.24, 2.45) is 11.7 Å². The van der Waals surface area contributed by atoms with Crippen LogP contribution < -0.4 is 17.1 Å². The summed E-state index contributed by atoms with van der Waals surface area (Å²) in [5.41, 5.74) is 2.19. The first-order valence-electron chi connectivity index (χ1n) is 2.75. The largest absolute Gasteiger partial charge is 0.274 e. The van der Waals surface area contributed by atoms with Gasteiger partial charge in [-0.15, -0.1) is 0 Å². The molecule has 0 bridgehead atoms. The van der Waals surface area contributed by atoms with Gasteiger partial charge in [-0.25, -0.2) is 11.7 Å². The number of nitrogens with zero attached hydrogens (tertiary/aromatic N) is 1. The molecule has 0 atom stereocenters. The Morgan fingerprint density at radius 1 is 1.67 bits per heavy atom. The summed E-state index contributed by atoms with van der Waals surface area (Å²) in [4.78, 5) is 10.5. The highest BCUT2D eigenvalue weighted by atomic mass is 16.2. The van der Waals surface area contributed by atoms with Crippen LogP contribution in [0.1, 0.15) is 19.8 Å². The number of hydrogen-bond acceptors (Lipinski definition) is 4. The van der Waals surface area contributed by atoms with E-state index in [-0.39, 0.29) is 5.91 Å². The Labute approximate surface area is 53.9 Å². The summed E-state index contributed by atoms with van der Waals surface area (Å²) in [5, 5.41) is 0.651. The van der Waals surface area contributed by atoms with E-state index in [9.17, 15) is 4.79 Å². The molecule has 5 nitrogen and oxygen atoms in total. The van der Waals surface area contributed by atoms with Gasteiger partial charge in [-0.3, -0.25) is 10.2 Å². The zero-order valence-electron chi connectivity index (χ0n) is 5.42. The van der Waals surface area contributed by atoms with Crippen molar-refractivity contribution in [3.63, 3.8) is 0 Å². The van der Waals surface area contributed by atoms with E-state index in [1.54, 1.807) is 0 Å². The fraction of sp³-hybridized carbons (Fsp3) is 0.750. The molecule has 0 aliphatic carbocycles. The Morgan fingerprint density at radius 3 is 2.56 bits per heavy atom. The van der Waals surface area contributed by atoms with Crippen LogP contribution >= 0.6 is 0 Å². The van der Waals surface area contributed by atoms with Gasteiger partial charge in [-0.1, -0.05) is 12.2 Å². The van der Waals surface area contributed by atoms with Gasteiger partial charge in [0, 0.05) is 6.42 Å². The van der Waals surface area contributed by atoms with Crippen molar-refractivity contribution in [2.75, 3.05) is 0 Å². The molecule has 0 saturated heterocycles. The van der Waals surface area contributed by atoms with E-state index < -0.39 is 0 Å². The van der Waals surface area contributed by atoms with E-state index in [1.807, 2.05) is 6.92 Å². The lowest BCUT2D eigenvalue weighted by Crippen LogP contribution is -2.51. The third-order valence-corrected chi connectivity index (χ3v) is 0.731. The second-order valence-electron chi connectivity index (χ2n) is 1.69. The first kappa shape index (κ1) is 8.35. The van der Waals surface area contributed by atoms with Crippen LogP contribution in [0.15, 0.2) is 0 Å². The smallest absolute Gasteiger partial charge is 0.236 e. The van der Waals surface area contributed by atoms with Gasteiger partial charge in [-0.05, 0) is 6.42 Å². The molecule has 0 aliphatic heterocycles. The highest BCUT2D eigenvalue weighted by Crippen LogP contribution is 1.83. The van der Waals surface area contributed by atoms with Gasteiger partial charge < -0.3 is 0 Å². The molecule has 0 unspecified atom stereocenters. The predicted molar refractivity (Wildman–Crippen MR) is 33.3 cm³/mol. The Hall–Kier alpha value is -0.650. The summed E-state index contributed by atoms with van der Waals surface area (Å²) >= 11 is 0. The average molecular weight is 132 g/mol. The topological polar surface area (TPSA) is 84.4 Å². The van der Waals surface area contributed by atoms with Crippen molar-refractivity contribution in [1.29, 1.82) is 0 Å². The van der Waals surface area contributed by atoms with Gasteiger partial charge in [0.05, 0.1) is 0 Å². The molecule has 1 amide bonds. The quantitative estimate of drug-likeness (QED) is 0.335. The molecular formula is C4H12N4O. The second kappa shape index (κ2) is 4.25. The molecule has 0 aromatic heterocycles. The van der Waals surface area contributed by atoms with Gasteiger partial charge in [0.25, 0.3) is 0 Å². The standard InChI is InChI=1S/C4H12N4O/c1-2-3-4(9)7-8(5)6/h2-3,5-6H2,1H3,(H,7,9). The molecule has 0 aromatic rings. The van der Waals surface area contributed by atoms with Crippen molar-refractivity contribution in [3.05, 3.63) is 0 Å². The molecule has 0 saturated carbocycles. The third-order valence-electron chi connectivity index (χ3n) is 0.731. The lowest BCUT2D eigenvalue weighted by molar-refractivity contribution is -0.126. The summed E-state index contributed by atoms with van der Waals surface area (Å²) in [6.45, 7) is 1.90. The SMILES string of the molecule is CCCC(=O)NN(N)N. The number of hydrogen-bond donors (Lipinski definition) is 3. The number of nitrogens with one attached hydrogen (secondary N) is 1. The van der Waals surface area contributed by atoms with E-state index in [4.69, 9.17) is 11.7 Å². The molecule has 0 spiro atoms. The molecule has 9 heavy (non-hydrogen) atoms. The summed E-state index contributed by atoms with van der Waals surface area (Å²) in [5.74, 6) is 9.64. The Morgan fingerprint density at radius 2 is 2.22 bits per heavy atom. The van der Waals surface area contributed by atoms with E-state index in [1.165, 1.54) is 0 Å². The van der Waals surface area contributed by atoms with Crippen molar-refractivity contribution in [1.82, 2.24) is 10.7 Å². The third kappa shape index (κ3) is 5.22. The summed E-state index contributed by atoms with van der Waals surface area (Å²) in [6, 6.07) is 0. The normalized spacial score (nSPS) is 9.78. The number of amides is 1. The van der Waals surface area contributed by atoms with E-state index >= 15 is 0 Å². The summed E-state index contributed by atoms with van der Waals surface area (Å²) in [6.07, 6.45) is 1.24. The lowest BCUT2D eigenvalue weighted by Gasteiger charge is -2.09. The average Bonchev–Trinajstić information content (AvgIpc) is 1.63. The molecule has 5 N–H and O–H groups in total. The number of nitrogens with two attached hydrogens (primary N) is 2. The Kier molecular flexibility index (Phi) is 3.94. The molecular weight excluding hydrogens is 120 g/mol. The monoisotopic (exact) mass is 132 g/mol. The Balaban J connectivity index is 3.27. The molecule has 0 fully saturated rings. The van der Waals surface area contributed by atoms with Crippen LogP contribution in [0.5, 0.6) is 0 Å². The number of hydrazine groups is 3. The van der Waals surface area contributed by atoms with Gasteiger partial charge in [0.1, 0.15) is 0 Å². The van der Waals surface area contributed by atoms with Crippen molar-refractivity contribution in [2.45, 2.75) is 19.8 Å². The minimum Gasteiger partial charge on any atom is -0.274 e. The van der Waals surface area contributed by atoms with Crippen LogP contribution in [0.25, 0.3) is 0 Å². The molecule has 0 aromatic carbocycles. The summed E-state index contributed by atoms with van der Waals surface area (Å²) in [7, 11) is 0. The molecule has 54 valence electrons. The van der Waals surface area contributed by atoms with Gasteiger partial charge in [-0.2, -0.15) is 0 Å². The second-order valence-corrected chi connectivity index (χ2v) is 1.69. The minimum absolute atomic E-state index is 0.164. The van der Waals surface area contributed by atoms with Crippen LogP contribution in [0, 0.1) is 0 Å². The van der Waals surface area contributed by atoms with Crippen molar-refractivity contribution in [3.8, 4) is 0 Å². The van der Waals surface area contributed by atoms with Gasteiger partial charge in [0.15, 0.2) is 0 Å².